The average molecular weight is 898 g/mol. The number of hydrogen-bond acceptors (Lipinski definition) is 1. The number of anilines is 3. The summed E-state index contributed by atoms with van der Waals surface area (Å²) in [6, 6.07) is 81.0. The molecule has 0 amide bonds. The van der Waals surface area contributed by atoms with Crippen molar-refractivity contribution in [1.29, 1.82) is 0 Å². The first-order valence-electron chi connectivity index (χ1n) is 25.9. The second-order valence-corrected chi connectivity index (χ2v) is 22.0. The lowest BCUT2D eigenvalue weighted by Crippen LogP contribution is -2.55. The van der Waals surface area contributed by atoms with E-state index in [2.05, 4.69) is 231 Å². The highest BCUT2D eigenvalue weighted by Gasteiger charge is 2.61. The van der Waals surface area contributed by atoms with Gasteiger partial charge < -0.3 is 4.90 Å². The topological polar surface area (TPSA) is 3.24 Å². The zero-order chi connectivity index (χ0) is 46.3. The Morgan fingerprint density at radius 2 is 0.900 bits per heavy atom. The summed E-state index contributed by atoms with van der Waals surface area (Å²) in [5.41, 5.74) is 22.7. The Hall–Kier alpha value is -7.48. The van der Waals surface area contributed by atoms with Gasteiger partial charge in [-0.1, -0.05) is 190 Å². The molecule has 16 rings (SSSR count). The van der Waals surface area contributed by atoms with Crippen molar-refractivity contribution < 1.29 is 0 Å². The molecule has 10 aromatic carbocycles. The lowest BCUT2D eigenvalue weighted by atomic mass is 9.43. The van der Waals surface area contributed by atoms with Crippen LogP contribution in [0.25, 0.3) is 77.2 Å². The maximum atomic E-state index is 2.65. The van der Waals surface area contributed by atoms with Crippen LogP contribution in [0.1, 0.15) is 68.2 Å². The molecule has 6 aliphatic rings. The fraction of sp³-hybridized carbons (Fsp3) is 0.188. The van der Waals surface area contributed by atoms with E-state index in [1.807, 2.05) is 0 Å². The van der Waals surface area contributed by atoms with Crippen LogP contribution in [0.3, 0.4) is 0 Å². The largest absolute Gasteiger partial charge is 0.310 e. The predicted molar refractivity (Wildman–Crippen MR) is 293 cm³/mol. The van der Waals surface area contributed by atoms with Crippen molar-refractivity contribution in [2.45, 2.75) is 56.8 Å². The van der Waals surface area contributed by atoms with Crippen LogP contribution >= 0.6 is 0 Å². The van der Waals surface area contributed by atoms with Crippen molar-refractivity contribution in [3.63, 3.8) is 0 Å². The average Bonchev–Trinajstić information content (AvgIpc) is 3.84. The van der Waals surface area contributed by atoms with E-state index in [9.17, 15) is 0 Å². The highest BCUT2D eigenvalue weighted by Crippen LogP contribution is 2.69. The van der Waals surface area contributed by atoms with Gasteiger partial charge in [0.15, 0.2) is 0 Å². The normalized spacial score (nSPS) is 21.7. The highest BCUT2D eigenvalue weighted by atomic mass is 15.1. The van der Waals surface area contributed by atoms with Crippen molar-refractivity contribution in [3.05, 3.63) is 235 Å². The fourth-order valence-corrected chi connectivity index (χ4v) is 15.7. The minimum atomic E-state index is -0.110. The predicted octanol–water partition coefficient (Wildman–Crippen LogP) is 18.5. The molecule has 10 aromatic rings. The van der Waals surface area contributed by atoms with Gasteiger partial charge in [-0.15, -0.1) is 0 Å². The minimum Gasteiger partial charge on any atom is -0.310 e. The standard InChI is InChI=1S/C69H55N/c1-68(2)64-26-9-7-21-60(64)63-25-13-24-62(67(63)68)57-19-6-5-18-54(57)46-28-31-50(32-29-46)70(51-16-11-15-47(41-51)55-22-12-23-56-53-17-4-3-14-45(53)30-34-58(55)56)52-33-35-61-59-20-8-10-27-65(59)69(66(61)42-52)48-37-43-36-44(39-48)40-49(69)38-43/h3-35,41-44,48-49H,36-40H2,1-2H3. The summed E-state index contributed by atoms with van der Waals surface area (Å²) in [7, 11) is 0. The first-order valence-corrected chi connectivity index (χ1v) is 25.9. The fourth-order valence-electron chi connectivity index (χ4n) is 15.7. The molecule has 0 N–H and O–H groups in total. The van der Waals surface area contributed by atoms with Crippen LogP contribution in [0.15, 0.2) is 212 Å². The van der Waals surface area contributed by atoms with Crippen LogP contribution in [-0.2, 0) is 10.8 Å². The molecule has 0 aliphatic heterocycles. The van der Waals surface area contributed by atoms with Gasteiger partial charge in [0.25, 0.3) is 0 Å². The van der Waals surface area contributed by atoms with Gasteiger partial charge in [-0.25, -0.2) is 0 Å². The van der Waals surface area contributed by atoms with E-state index in [0.717, 1.165) is 17.5 Å². The highest BCUT2D eigenvalue weighted by molar-refractivity contribution is 6.12. The van der Waals surface area contributed by atoms with Gasteiger partial charge in [0, 0.05) is 27.9 Å². The Labute approximate surface area is 412 Å². The molecule has 4 fully saturated rings. The van der Waals surface area contributed by atoms with Gasteiger partial charge in [0.2, 0.25) is 0 Å². The molecule has 1 nitrogen and oxygen atoms in total. The molecule has 0 radical (unpaired) electrons. The second-order valence-electron chi connectivity index (χ2n) is 22.0. The molecule has 1 spiro atoms. The van der Waals surface area contributed by atoms with Crippen LogP contribution in [0.5, 0.6) is 0 Å². The first kappa shape index (κ1) is 40.4. The summed E-state index contributed by atoms with van der Waals surface area (Å²) in [5.74, 6) is 3.19. The molecule has 0 heterocycles. The molecule has 336 valence electrons. The van der Waals surface area contributed by atoms with E-state index in [4.69, 9.17) is 0 Å². The Morgan fingerprint density at radius 3 is 1.69 bits per heavy atom. The third-order valence-corrected chi connectivity index (χ3v) is 18.2. The molecule has 0 saturated heterocycles. The van der Waals surface area contributed by atoms with Gasteiger partial charge in [-0.2, -0.15) is 0 Å². The van der Waals surface area contributed by atoms with Crippen molar-refractivity contribution in [2.24, 2.45) is 23.7 Å². The lowest BCUT2D eigenvalue weighted by Gasteiger charge is -2.61. The van der Waals surface area contributed by atoms with Crippen molar-refractivity contribution in [3.8, 4) is 55.6 Å². The second kappa shape index (κ2) is 15.0. The number of rotatable bonds is 6. The van der Waals surface area contributed by atoms with Crippen LogP contribution < -0.4 is 4.90 Å². The van der Waals surface area contributed by atoms with Crippen molar-refractivity contribution >= 4 is 38.6 Å². The Bertz CT molecular complexity index is 3750. The number of nitrogens with zero attached hydrogens (tertiary/aromatic N) is 1. The summed E-state index contributed by atoms with van der Waals surface area (Å²) in [6.45, 7) is 4.79. The summed E-state index contributed by atoms with van der Waals surface area (Å²) < 4.78 is 0. The molecule has 0 unspecified atom stereocenters. The molecule has 4 bridgehead atoms. The summed E-state index contributed by atoms with van der Waals surface area (Å²) in [5, 5.41) is 5.14. The lowest BCUT2D eigenvalue weighted by molar-refractivity contribution is -0.0399. The molecule has 0 aromatic heterocycles. The molecule has 1 heteroatoms. The summed E-state index contributed by atoms with van der Waals surface area (Å²) in [6.07, 6.45) is 6.94. The molecule has 70 heavy (non-hydrogen) atoms. The van der Waals surface area contributed by atoms with Crippen LogP contribution in [-0.4, -0.2) is 0 Å². The number of benzene rings is 10. The smallest absolute Gasteiger partial charge is 0.0467 e. The summed E-state index contributed by atoms with van der Waals surface area (Å²) >= 11 is 0. The third-order valence-electron chi connectivity index (χ3n) is 18.2. The SMILES string of the molecule is CC1(C)c2ccccc2-c2cccc(-c3ccccc3-c3ccc(N(c4cccc(-c5cccc6c5ccc5ccccc56)c4)c4ccc5c(c4)C4(c6ccccc6-5)C5CC6CC(C5)CC4C6)cc3)c21. The quantitative estimate of drug-likeness (QED) is 0.150. The maximum absolute atomic E-state index is 2.65. The summed E-state index contributed by atoms with van der Waals surface area (Å²) in [4.78, 5) is 2.55. The van der Waals surface area contributed by atoms with E-state index in [1.54, 1.807) is 11.1 Å². The van der Waals surface area contributed by atoms with E-state index in [-0.39, 0.29) is 10.8 Å². The van der Waals surface area contributed by atoms with Crippen molar-refractivity contribution in [2.75, 3.05) is 4.90 Å². The minimum absolute atomic E-state index is 0.0791. The molecular formula is C69H55N. The van der Waals surface area contributed by atoms with Gasteiger partial charge in [-0.3, -0.25) is 0 Å². The zero-order valence-electron chi connectivity index (χ0n) is 40.0. The molecular weight excluding hydrogens is 843 g/mol. The van der Waals surface area contributed by atoms with E-state index in [1.165, 1.54) is 132 Å². The maximum Gasteiger partial charge on any atom is 0.0467 e. The molecule has 4 saturated carbocycles. The van der Waals surface area contributed by atoms with Gasteiger partial charge >= 0.3 is 0 Å². The van der Waals surface area contributed by atoms with Crippen LogP contribution in [0, 0.1) is 23.7 Å². The van der Waals surface area contributed by atoms with E-state index < -0.39 is 0 Å². The monoisotopic (exact) mass is 897 g/mol. The van der Waals surface area contributed by atoms with E-state index >= 15 is 0 Å². The Morgan fingerprint density at radius 1 is 0.343 bits per heavy atom. The zero-order valence-corrected chi connectivity index (χ0v) is 40.0. The van der Waals surface area contributed by atoms with Gasteiger partial charge in [0.05, 0.1) is 0 Å². The van der Waals surface area contributed by atoms with Gasteiger partial charge in [-0.05, 0) is 192 Å². The van der Waals surface area contributed by atoms with E-state index in [0.29, 0.717) is 11.8 Å². The van der Waals surface area contributed by atoms with Gasteiger partial charge in [0.1, 0.15) is 0 Å². The number of fused-ring (bicyclic) bond motifs is 9. The Kier molecular flexibility index (Phi) is 8.67. The number of hydrogen-bond donors (Lipinski definition) is 0. The molecule has 0 atom stereocenters. The van der Waals surface area contributed by atoms with Crippen LogP contribution in [0.4, 0.5) is 17.1 Å². The van der Waals surface area contributed by atoms with Crippen molar-refractivity contribution in [1.82, 2.24) is 0 Å². The Balaban J connectivity index is 0.890. The molecule has 6 aliphatic carbocycles. The third kappa shape index (κ3) is 5.67. The van der Waals surface area contributed by atoms with Crippen LogP contribution in [0.2, 0.25) is 0 Å². The first-order chi connectivity index (χ1) is 34.4.